The number of nitrogens with one attached hydrogen (secondary N) is 1. The molecule has 25 heavy (non-hydrogen) atoms. The fourth-order valence-corrected chi connectivity index (χ4v) is 3.04. The number of carbonyl (C=O) groups excluding carboxylic acids is 2. The number of ether oxygens (including phenoxy) is 1. The van der Waals surface area contributed by atoms with Crippen molar-refractivity contribution in [2.24, 2.45) is 0 Å². The molecule has 132 valence electrons. The van der Waals surface area contributed by atoms with E-state index in [4.69, 9.17) is 4.74 Å². The van der Waals surface area contributed by atoms with Gasteiger partial charge in [0.25, 0.3) is 0 Å². The third kappa shape index (κ3) is 4.28. The molecule has 2 aromatic rings. The Labute approximate surface area is 147 Å². The van der Waals surface area contributed by atoms with Crippen molar-refractivity contribution in [2.45, 2.75) is 32.2 Å². The number of hydrogen-bond donors (Lipinski definition) is 1. The van der Waals surface area contributed by atoms with E-state index >= 15 is 0 Å². The molecule has 6 heteroatoms. The molecule has 0 radical (unpaired) electrons. The maximum Gasteiger partial charge on any atom is 0.249 e. The van der Waals surface area contributed by atoms with Crippen molar-refractivity contribution < 1.29 is 14.3 Å². The molecular formula is C19H23N3O3. The van der Waals surface area contributed by atoms with E-state index < -0.39 is 6.04 Å². The van der Waals surface area contributed by atoms with Gasteiger partial charge in [-0.3, -0.25) is 9.59 Å². The molecule has 2 amide bonds. The van der Waals surface area contributed by atoms with Crippen LogP contribution in [0.3, 0.4) is 0 Å². The summed E-state index contributed by atoms with van der Waals surface area (Å²) in [4.78, 5) is 26.6. The van der Waals surface area contributed by atoms with Crippen molar-refractivity contribution in [3.8, 4) is 0 Å². The van der Waals surface area contributed by atoms with Gasteiger partial charge < -0.3 is 19.5 Å². The highest BCUT2D eigenvalue weighted by molar-refractivity contribution is 5.89. The number of amides is 2. The van der Waals surface area contributed by atoms with E-state index in [1.165, 1.54) is 0 Å². The molecule has 0 bridgehead atoms. The van der Waals surface area contributed by atoms with Gasteiger partial charge in [-0.15, -0.1) is 0 Å². The Morgan fingerprint density at radius 2 is 1.92 bits per heavy atom. The monoisotopic (exact) mass is 341 g/mol. The molecule has 1 aromatic heterocycles. The van der Waals surface area contributed by atoms with Gasteiger partial charge in [0.05, 0.1) is 6.10 Å². The number of carbonyl (C=O) groups is 2. The average Bonchev–Trinajstić information content (AvgIpc) is 3.12. The van der Waals surface area contributed by atoms with Gasteiger partial charge in [0.1, 0.15) is 12.6 Å². The predicted octanol–water partition coefficient (Wildman–Crippen LogP) is 1.42. The molecule has 1 fully saturated rings. The van der Waals surface area contributed by atoms with E-state index in [0.717, 1.165) is 5.56 Å². The van der Waals surface area contributed by atoms with Crippen LogP contribution in [0.4, 0.5) is 0 Å². The van der Waals surface area contributed by atoms with Gasteiger partial charge in [-0.1, -0.05) is 30.3 Å². The van der Waals surface area contributed by atoms with E-state index in [9.17, 15) is 9.59 Å². The molecule has 1 aromatic carbocycles. The zero-order valence-corrected chi connectivity index (χ0v) is 14.3. The first-order valence-corrected chi connectivity index (χ1v) is 8.48. The van der Waals surface area contributed by atoms with Gasteiger partial charge >= 0.3 is 0 Å². The summed E-state index contributed by atoms with van der Waals surface area (Å²) >= 11 is 0. The first-order chi connectivity index (χ1) is 12.1. The first-order valence-electron chi connectivity index (χ1n) is 8.48. The Kier molecular flexibility index (Phi) is 5.50. The Morgan fingerprint density at radius 1 is 1.20 bits per heavy atom. The quantitative estimate of drug-likeness (QED) is 0.864. The van der Waals surface area contributed by atoms with Crippen LogP contribution in [0.25, 0.3) is 0 Å². The van der Waals surface area contributed by atoms with Crippen molar-refractivity contribution >= 4 is 11.8 Å². The molecule has 6 nitrogen and oxygen atoms in total. The zero-order valence-electron chi connectivity index (χ0n) is 14.3. The smallest absolute Gasteiger partial charge is 0.249 e. The largest absolute Gasteiger partial charge is 0.366 e. The standard InChI is InChI=1S/C19H23N3O3/c1-15-18(19(24)20-9-12-21-10-5-6-11-21)22(17(23)14-25-15)13-16-7-3-2-4-8-16/h2-8,10-11,15,18H,9,12-14H2,1H3,(H,20,24)/t15-,18+/m1/s1. The van der Waals surface area contributed by atoms with Crippen molar-refractivity contribution in [2.75, 3.05) is 13.2 Å². The lowest BCUT2D eigenvalue weighted by molar-refractivity contribution is -0.163. The molecule has 1 saturated heterocycles. The SMILES string of the molecule is C[C@H]1OCC(=O)N(Cc2ccccc2)[C@@H]1C(=O)NCCn1cccc1. The molecule has 0 saturated carbocycles. The third-order valence-electron chi connectivity index (χ3n) is 4.37. The summed E-state index contributed by atoms with van der Waals surface area (Å²) in [5.41, 5.74) is 0.995. The number of nitrogens with zero attached hydrogens (tertiary/aromatic N) is 2. The first kappa shape index (κ1) is 17.2. The topological polar surface area (TPSA) is 63.6 Å². The summed E-state index contributed by atoms with van der Waals surface area (Å²) in [6.07, 6.45) is 3.56. The van der Waals surface area contributed by atoms with Crippen LogP contribution in [0.5, 0.6) is 0 Å². The average molecular weight is 341 g/mol. The second kappa shape index (κ2) is 7.98. The fourth-order valence-electron chi connectivity index (χ4n) is 3.04. The molecular weight excluding hydrogens is 318 g/mol. The highest BCUT2D eigenvalue weighted by Crippen LogP contribution is 2.18. The van der Waals surface area contributed by atoms with Crippen LogP contribution in [0.15, 0.2) is 54.9 Å². The molecule has 1 N–H and O–H groups in total. The van der Waals surface area contributed by atoms with Crippen LogP contribution in [0.2, 0.25) is 0 Å². The molecule has 1 aliphatic heterocycles. The normalized spacial score (nSPS) is 20.5. The lowest BCUT2D eigenvalue weighted by Crippen LogP contribution is -2.59. The summed E-state index contributed by atoms with van der Waals surface area (Å²) in [6.45, 7) is 3.45. The highest BCUT2D eigenvalue weighted by Gasteiger charge is 2.38. The van der Waals surface area contributed by atoms with E-state index in [2.05, 4.69) is 5.32 Å². The minimum atomic E-state index is -0.619. The minimum absolute atomic E-state index is 0.0150. The Balaban J connectivity index is 1.65. The van der Waals surface area contributed by atoms with E-state index in [0.29, 0.717) is 19.6 Å². The van der Waals surface area contributed by atoms with Crippen molar-refractivity contribution in [3.63, 3.8) is 0 Å². The second-order valence-electron chi connectivity index (χ2n) is 6.18. The third-order valence-corrected chi connectivity index (χ3v) is 4.37. The van der Waals surface area contributed by atoms with Crippen LogP contribution < -0.4 is 5.32 Å². The molecule has 2 heterocycles. The molecule has 0 spiro atoms. The van der Waals surface area contributed by atoms with Crippen molar-refractivity contribution in [1.29, 1.82) is 0 Å². The fraction of sp³-hybridized carbons (Fsp3) is 0.368. The van der Waals surface area contributed by atoms with Gasteiger partial charge in [-0.05, 0) is 24.6 Å². The van der Waals surface area contributed by atoms with Gasteiger partial charge in [0.2, 0.25) is 11.8 Å². The van der Waals surface area contributed by atoms with Crippen LogP contribution in [-0.2, 0) is 27.4 Å². The van der Waals surface area contributed by atoms with Crippen molar-refractivity contribution in [3.05, 3.63) is 60.4 Å². The molecule has 1 aliphatic rings. The number of rotatable bonds is 6. The Bertz CT molecular complexity index is 700. The molecule has 0 unspecified atom stereocenters. The second-order valence-corrected chi connectivity index (χ2v) is 6.18. The zero-order chi connectivity index (χ0) is 17.6. The van der Waals surface area contributed by atoms with E-state index in [1.807, 2.05) is 66.3 Å². The maximum absolute atomic E-state index is 12.7. The maximum atomic E-state index is 12.7. The molecule has 2 atom stereocenters. The minimum Gasteiger partial charge on any atom is -0.366 e. The van der Waals surface area contributed by atoms with E-state index in [-0.39, 0.29) is 24.5 Å². The summed E-state index contributed by atoms with van der Waals surface area (Å²) < 4.78 is 7.48. The van der Waals surface area contributed by atoms with E-state index in [1.54, 1.807) is 4.90 Å². The number of hydrogen-bond acceptors (Lipinski definition) is 3. The van der Waals surface area contributed by atoms with Gasteiger partial charge in [0.15, 0.2) is 0 Å². The summed E-state index contributed by atoms with van der Waals surface area (Å²) in [6, 6.07) is 13.0. The van der Waals surface area contributed by atoms with Gasteiger partial charge in [-0.2, -0.15) is 0 Å². The van der Waals surface area contributed by atoms with Gasteiger partial charge in [0, 0.05) is 32.0 Å². The van der Waals surface area contributed by atoms with Crippen molar-refractivity contribution in [1.82, 2.24) is 14.8 Å². The van der Waals surface area contributed by atoms with Crippen LogP contribution in [-0.4, -0.2) is 46.6 Å². The van der Waals surface area contributed by atoms with Crippen LogP contribution in [0.1, 0.15) is 12.5 Å². The number of morpholine rings is 1. The number of aromatic nitrogens is 1. The Morgan fingerprint density at radius 3 is 2.64 bits per heavy atom. The van der Waals surface area contributed by atoms with Crippen LogP contribution in [0, 0.1) is 0 Å². The molecule has 0 aliphatic carbocycles. The summed E-state index contributed by atoms with van der Waals surface area (Å²) in [5.74, 6) is -0.337. The lowest BCUT2D eigenvalue weighted by atomic mass is 10.1. The van der Waals surface area contributed by atoms with Crippen LogP contribution >= 0.6 is 0 Å². The summed E-state index contributed by atoms with van der Waals surface area (Å²) in [7, 11) is 0. The molecule has 3 rings (SSSR count). The summed E-state index contributed by atoms with van der Waals surface area (Å²) in [5, 5.41) is 2.92. The highest BCUT2D eigenvalue weighted by atomic mass is 16.5. The Hall–Kier alpha value is -2.60. The number of benzene rings is 1. The predicted molar refractivity (Wildman–Crippen MR) is 93.6 cm³/mol. The lowest BCUT2D eigenvalue weighted by Gasteiger charge is -2.38. The van der Waals surface area contributed by atoms with Gasteiger partial charge in [-0.25, -0.2) is 0 Å².